The largest absolute Gasteiger partial charge is 0.497 e. The van der Waals surface area contributed by atoms with E-state index < -0.39 is 0 Å². The molecule has 2 aromatic rings. The fourth-order valence-corrected chi connectivity index (χ4v) is 2.52. The summed E-state index contributed by atoms with van der Waals surface area (Å²) in [6.45, 7) is 7.09. The molecule has 0 aliphatic carbocycles. The molecule has 0 N–H and O–H groups in total. The van der Waals surface area contributed by atoms with E-state index >= 15 is 0 Å². The molecule has 0 fully saturated rings. The van der Waals surface area contributed by atoms with Crippen LogP contribution in [0.15, 0.2) is 53.8 Å². The lowest BCUT2D eigenvalue weighted by Gasteiger charge is -2.21. The van der Waals surface area contributed by atoms with E-state index in [1.54, 1.807) is 18.1 Å². The van der Waals surface area contributed by atoms with Gasteiger partial charge >= 0.3 is 0 Å². The smallest absolute Gasteiger partial charge is 0.274 e. The van der Waals surface area contributed by atoms with Crippen LogP contribution in [0, 0.1) is 0 Å². The van der Waals surface area contributed by atoms with E-state index in [1.165, 1.54) is 16.8 Å². The van der Waals surface area contributed by atoms with Gasteiger partial charge in [-0.15, -0.1) is 6.58 Å². The van der Waals surface area contributed by atoms with Gasteiger partial charge in [-0.05, 0) is 30.2 Å². The summed E-state index contributed by atoms with van der Waals surface area (Å²) in [6, 6.07) is 10.4. The molecule has 0 atom stereocenters. The van der Waals surface area contributed by atoms with Crippen molar-refractivity contribution in [2.24, 2.45) is 0 Å². The summed E-state index contributed by atoms with van der Waals surface area (Å²) in [5, 5.41) is 4.24. The fraction of sp³-hybridized carbons (Fsp3) is 0.350. The van der Waals surface area contributed by atoms with Crippen LogP contribution >= 0.6 is 0 Å². The average Bonchev–Trinajstić information content (AvgIpc) is 2.67. The monoisotopic (exact) mass is 355 g/mol. The number of aromatic nitrogens is 2. The van der Waals surface area contributed by atoms with E-state index in [0.29, 0.717) is 19.6 Å². The summed E-state index contributed by atoms with van der Waals surface area (Å²) >= 11 is 0. The highest BCUT2D eigenvalue weighted by Gasteiger charge is 2.17. The number of hydrogen-bond donors (Lipinski definition) is 0. The minimum Gasteiger partial charge on any atom is -0.497 e. The molecule has 1 aromatic carbocycles. The zero-order valence-electron chi connectivity index (χ0n) is 15.4. The Labute approximate surface area is 153 Å². The topological polar surface area (TPSA) is 64.4 Å². The molecule has 0 saturated carbocycles. The third kappa shape index (κ3) is 5.05. The number of ether oxygens (including phenoxy) is 1. The summed E-state index contributed by atoms with van der Waals surface area (Å²) in [5.41, 5.74) is 1.04. The molecule has 138 valence electrons. The van der Waals surface area contributed by atoms with Crippen LogP contribution in [0.2, 0.25) is 0 Å². The highest BCUT2D eigenvalue weighted by molar-refractivity contribution is 5.92. The van der Waals surface area contributed by atoms with Crippen molar-refractivity contribution in [3.8, 4) is 5.75 Å². The number of aryl methyl sites for hydroxylation is 1. The first-order valence-corrected chi connectivity index (χ1v) is 8.70. The van der Waals surface area contributed by atoms with Crippen LogP contribution in [-0.2, 0) is 13.1 Å². The molecule has 0 aliphatic heterocycles. The van der Waals surface area contributed by atoms with Crippen molar-refractivity contribution in [3.63, 3.8) is 0 Å². The van der Waals surface area contributed by atoms with Crippen LogP contribution in [0.5, 0.6) is 5.75 Å². The van der Waals surface area contributed by atoms with E-state index in [2.05, 4.69) is 11.7 Å². The maximum absolute atomic E-state index is 12.9. The minimum absolute atomic E-state index is 0.194. The number of methoxy groups -OCH3 is 1. The van der Waals surface area contributed by atoms with Gasteiger partial charge < -0.3 is 9.64 Å². The lowest BCUT2D eigenvalue weighted by molar-refractivity contribution is 0.0753. The Hall–Kier alpha value is -2.89. The Morgan fingerprint density at radius 1 is 1.27 bits per heavy atom. The third-order valence-corrected chi connectivity index (χ3v) is 3.98. The number of benzene rings is 1. The number of nitrogens with zero attached hydrogens (tertiary/aromatic N) is 3. The quantitative estimate of drug-likeness (QED) is 0.649. The van der Waals surface area contributed by atoms with Crippen molar-refractivity contribution < 1.29 is 9.53 Å². The number of carbonyl (C=O) groups is 1. The Bertz CT molecular complexity index is 797. The molecule has 1 heterocycles. The average molecular weight is 355 g/mol. The lowest BCUT2D eigenvalue weighted by Crippen LogP contribution is -2.33. The highest BCUT2D eigenvalue weighted by atomic mass is 16.5. The summed E-state index contributed by atoms with van der Waals surface area (Å²) in [4.78, 5) is 26.4. The van der Waals surface area contributed by atoms with Gasteiger partial charge in [0.25, 0.3) is 11.5 Å². The van der Waals surface area contributed by atoms with Gasteiger partial charge in [-0.1, -0.05) is 31.6 Å². The minimum atomic E-state index is -0.231. The fourth-order valence-electron chi connectivity index (χ4n) is 2.52. The van der Waals surface area contributed by atoms with Crippen molar-refractivity contribution in [3.05, 3.63) is 70.7 Å². The Morgan fingerprint density at radius 3 is 2.62 bits per heavy atom. The van der Waals surface area contributed by atoms with Crippen molar-refractivity contribution in [1.29, 1.82) is 0 Å². The van der Waals surface area contributed by atoms with Gasteiger partial charge in [0.15, 0.2) is 0 Å². The molecule has 1 amide bonds. The lowest BCUT2D eigenvalue weighted by atomic mass is 10.2. The predicted octanol–water partition coefficient (Wildman–Crippen LogP) is 2.88. The van der Waals surface area contributed by atoms with E-state index in [4.69, 9.17) is 4.74 Å². The van der Waals surface area contributed by atoms with Crippen molar-refractivity contribution in [1.82, 2.24) is 14.7 Å². The van der Waals surface area contributed by atoms with Crippen LogP contribution in [0.4, 0.5) is 0 Å². The normalized spacial score (nSPS) is 10.4. The molecule has 0 saturated heterocycles. The summed E-state index contributed by atoms with van der Waals surface area (Å²) in [7, 11) is 1.61. The first-order chi connectivity index (χ1) is 12.6. The van der Waals surface area contributed by atoms with Crippen LogP contribution < -0.4 is 10.3 Å². The van der Waals surface area contributed by atoms with Crippen LogP contribution in [0.3, 0.4) is 0 Å². The van der Waals surface area contributed by atoms with Gasteiger partial charge in [-0.2, -0.15) is 5.10 Å². The number of rotatable bonds is 9. The zero-order chi connectivity index (χ0) is 18.9. The molecule has 0 aliphatic rings. The second-order valence-corrected chi connectivity index (χ2v) is 5.96. The van der Waals surface area contributed by atoms with Crippen molar-refractivity contribution >= 4 is 5.91 Å². The van der Waals surface area contributed by atoms with Gasteiger partial charge in [0.05, 0.1) is 7.11 Å². The molecule has 0 radical (unpaired) electrons. The molecule has 2 rings (SSSR count). The van der Waals surface area contributed by atoms with Crippen LogP contribution in [-0.4, -0.2) is 34.2 Å². The zero-order valence-corrected chi connectivity index (χ0v) is 15.4. The molecule has 0 unspecified atom stereocenters. The second-order valence-electron chi connectivity index (χ2n) is 5.96. The molecular weight excluding hydrogens is 330 g/mol. The number of hydrogen-bond acceptors (Lipinski definition) is 4. The van der Waals surface area contributed by atoms with Crippen molar-refractivity contribution in [2.45, 2.75) is 32.9 Å². The third-order valence-electron chi connectivity index (χ3n) is 3.98. The van der Waals surface area contributed by atoms with Gasteiger partial charge in [0.1, 0.15) is 11.4 Å². The van der Waals surface area contributed by atoms with Crippen LogP contribution in [0.25, 0.3) is 0 Å². The maximum atomic E-state index is 12.9. The molecule has 6 heteroatoms. The van der Waals surface area contributed by atoms with E-state index in [1.807, 2.05) is 31.2 Å². The molecule has 0 bridgehead atoms. The Kier molecular flexibility index (Phi) is 7.14. The predicted molar refractivity (Wildman–Crippen MR) is 101 cm³/mol. The molecular formula is C20H25N3O3. The Balaban J connectivity index is 2.21. The number of amides is 1. The number of carbonyl (C=O) groups excluding carboxylic acids is 1. The van der Waals surface area contributed by atoms with E-state index in [0.717, 1.165) is 24.2 Å². The van der Waals surface area contributed by atoms with Crippen LogP contribution in [0.1, 0.15) is 35.8 Å². The first-order valence-electron chi connectivity index (χ1n) is 8.70. The molecule has 6 nitrogen and oxygen atoms in total. The van der Waals surface area contributed by atoms with E-state index in [-0.39, 0.29) is 17.2 Å². The van der Waals surface area contributed by atoms with Gasteiger partial charge in [-0.25, -0.2) is 4.68 Å². The second kappa shape index (κ2) is 9.56. The standard InChI is InChI=1S/C20H25N3O3/c1-4-6-14-23-19(24)12-11-18(21-23)20(25)22(13-5-2)15-16-7-9-17(26-3)10-8-16/h5,7-12H,2,4,6,13-15H2,1,3H3. The molecule has 1 aromatic heterocycles. The SMILES string of the molecule is C=CCN(Cc1ccc(OC)cc1)C(=O)c1ccc(=O)n(CCCC)n1. The van der Waals surface area contributed by atoms with Crippen molar-refractivity contribution in [2.75, 3.05) is 13.7 Å². The van der Waals surface area contributed by atoms with Gasteiger partial charge in [0.2, 0.25) is 0 Å². The summed E-state index contributed by atoms with van der Waals surface area (Å²) in [6.07, 6.45) is 3.47. The van der Waals surface area contributed by atoms with Gasteiger partial charge in [0, 0.05) is 25.7 Å². The Morgan fingerprint density at radius 2 is 2.00 bits per heavy atom. The molecule has 0 spiro atoms. The molecule has 26 heavy (non-hydrogen) atoms. The van der Waals surface area contributed by atoms with Gasteiger partial charge in [-0.3, -0.25) is 9.59 Å². The first kappa shape index (κ1) is 19.4. The highest BCUT2D eigenvalue weighted by Crippen LogP contribution is 2.14. The number of unbranched alkanes of at least 4 members (excludes halogenated alkanes) is 1. The maximum Gasteiger partial charge on any atom is 0.274 e. The summed E-state index contributed by atoms with van der Waals surface area (Å²) in [5.74, 6) is 0.533. The van der Waals surface area contributed by atoms with E-state index in [9.17, 15) is 9.59 Å². The summed E-state index contributed by atoms with van der Waals surface area (Å²) < 4.78 is 6.51.